The summed E-state index contributed by atoms with van der Waals surface area (Å²) in [6.45, 7) is 0.353. The number of halogens is 1. The third-order valence-electron chi connectivity index (χ3n) is 4.70. The second kappa shape index (κ2) is 6.77. The van der Waals surface area contributed by atoms with Gasteiger partial charge in [0.25, 0.3) is 11.8 Å². The van der Waals surface area contributed by atoms with Gasteiger partial charge in [-0.05, 0) is 30.2 Å². The van der Waals surface area contributed by atoms with E-state index < -0.39 is 0 Å². The molecule has 3 aromatic rings. The molecule has 1 aromatic heterocycles. The van der Waals surface area contributed by atoms with Gasteiger partial charge in [-0.3, -0.25) is 14.5 Å². The summed E-state index contributed by atoms with van der Waals surface area (Å²) >= 11 is 0. The first-order valence-electron chi connectivity index (χ1n) is 8.18. The van der Waals surface area contributed by atoms with Crippen LogP contribution in [0.1, 0.15) is 26.3 Å². The van der Waals surface area contributed by atoms with Crippen LogP contribution in [0.25, 0.3) is 10.8 Å². The highest BCUT2D eigenvalue weighted by atomic mass is 35.5. The van der Waals surface area contributed by atoms with Crippen molar-refractivity contribution in [2.45, 2.75) is 6.42 Å². The molecule has 26 heavy (non-hydrogen) atoms. The van der Waals surface area contributed by atoms with E-state index in [1.165, 1.54) is 4.90 Å². The molecule has 2 amide bonds. The van der Waals surface area contributed by atoms with E-state index in [2.05, 4.69) is 0 Å². The zero-order chi connectivity index (χ0) is 17.6. The van der Waals surface area contributed by atoms with Gasteiger partial charge in [-0.1, -0.05) is 12.1 Å². The molecule has 6 heteroatoms. The third-order valence-corrected chi connectivity index (χ3v) is 4.70. The van der Waals surface area contributed by atoms with Gasteiger partial charge in [-0.2, -0.15) is 0 Å². The lowest BCUT2D eigenvalue weighted by Crippen LogP contribution is -3.00. The molecule has 2 N–H and O–H groups in total. The van der Waals surface area contributed by atoms with E-state index >= 15 is 0 Å². The van der Waals surface area contributed by atoms with Crippen LogP contribution in [0.15, 0.2) is 54.9 Å². The summed E-state index contributed by atoms with van der Waals surface area (Å²) in [4.78, 5) is 27.1. The fraction of sp³-hybridized carbons (Fsp3) is 0.150. The van der Waals surface area contributed by atoms with Crippen LogP contribution >= 0.6 is 0 Å². The number of nitrogens with two attached hydrogens (primary N) is 1. The van der Waals surface area contributed by atoms with Crippen molar-refractivity contribution in [3.05, 3.63) is 71.5 Å². The maximum absolute atomic E-state index is 12.9. The Kier molecular flexibility index (Phi) is 4.66. The van der Waals surface area contributed by atoms with Crippen LogP contribution in [-0.2, 0) is 13.5 Å². The molecule has 0 aliphatic carbocycles. The average Bonchev–Trinajstić information content (AvgIpc) is 2.62. The lowest BCUT2D eigenvalue weighted by molar-refractivity contribution is -0.671. The Bertz CT molecular complexity index is 993. The fourth-order valence-electron chi connectivity index (χ4n) is 3.31. The van der Waals surface area contributed by atoms with Crippen molar-refractivity contribution >= 4 is 28.3 Å². The Morgan fingerprint density at radius 2 is 1.62 bits per heavy atom. The van der Waals surface area contributed by atoms with Crippen molar-refractivity contribution < 1.29 is 26.6 Å². The molecular weight excluding hydrogens is 350 g/mol. The second-order valence-corrected chi connectivity index (χ2v) is 6.31. The van der Waals surface area contributed by atoms with Crippen LogP contribution in [0.5, 0.6) is 0 Å². The first-order chi connectivity index (χ1) is 12.1. The van der Waals surface area contributed by atoms with Crippen LogP contribution in [-0.4, -0.2) is 23.3 Å². The number of hydrogen-bond acceptors (Lipinski definition) is 3. The summed E-state index contributed by atoms with van der Waals surface area (Å²) in [5.74, 6) is -0.509. The predicted octanol–water partition coefficient (Wildman–Crippen LogP) is -0.911. The molecule has 132 valence electrons. The number of carbonyl (C=O) groups excluding carboxylic acids is 2. The van der Waals surface area contributed by atoms with Crippen LogP contribution in [0, 0.1) is 0 Å². The highest BCUT2D eigenvalue weighted by Crippen LogP contribution is 2.33. The molecule has 2 heterocycles. The Balaban J connectivity index is 0.00000196. The van der Waals surface area contributed by atoms with Crippen molar-refractivity contribution in [1.29, 1.82) is 0 Å². The number of imide groups is 1. The number of hydrogen-bond donors (Lipinski definition) is 1. The van der Waals surface area contributed by atoms with Crippen molar-refractivity contribution in [3.63, 3.8) is 0 Å². The highest BCUT2D eigenvalue weighted by molar-refractivity contribution is 6.26. The molecule has 0 fully saturated rings. The number of pyridine rings is 1. The molecular formula is C20H18ClN3O2. The number of nitrogen functional groups attached to an aromatic ring is 1. The lowest BCUT2D eigenvalue weighted by atomic mass is 9.93. The standard InChI is InChI=1S/C20H17N3O2.ClH/c1-22-10-7-13(8-11-22)9-12-23-19(24)15-4-2-3-14-17(21)6-5-16(18(14)15)20(23)25;/h2-8,10-11H,9,12H2,1H3,(H-,21,24,25);1H. The Morgan fingerprint density at radius 3 is 2.31 bits per heavy atom. The highest BCUT2D eigenvalue weighted by Gasteiger charge is 2.32. The van der Waals surface area contributed by atoms with Crippen molar-refractivity contribution in [3.8, 4) is 0 Å². The van der Waals surface area contributed by atoms with E-state index in [0.717, 1.165) is 10.9 Å². The summed E-state index contributed by atoms with van der Waals surface area (Å²) in [5, 5.41) is 1.42. The fourth-order valence-corrected chi connectivity index (χ4v) is 3.31. The van der Waals surface area contributed by atoms with E-state index in [4.69, 9.17) is 5.73 Å². The summed E-state index contributed by atoms with van der Waals surface area (Å²) < 4.78 is 1.95. The number of anilines is 1. The summed E-state index contributed by atoms with van der Waals surface area (Å²) in [6, 6.07) is 12.8. The molecule has 1 aliphatic rings. The predicted molar refractivity (Wildman–Crippen MR) is 95.0 cm³/mol. The average molecular weight is 368 g/mol. The molecule has 0 atom stereocenters. The monoisotopic (exact) mass is 367 g/mol. The van der Waals surface area contributed by atoms with Gasteiger partial charge in [0.05, 0.1) is 0 Å². The summed E-state index contributed by atoms with van der Waals surface area (Å²) in [6.07, 6.45) is 4.53. The smallest absolute Gasteiger partial charge is 0.261 e. The normalized spacial score (nSPS) is 13.0. The Labute approximate surface area is 157 Å². The lowest BCUT2D eigenvalue weighted by Gasteiger charge is -2.27. The van der Waals surface area contributed by atoms with E-state index in [9.17, 15) is 9.59 Å². The summed E-state index contributed by atoms with van der Waals surface area (Å²) in [7, 11) is 1.95. The van der Waals surface area contributed by atoms with Crippen molar-refractivity contribution in [2.75, 3.05) is 12.3 Å². The van der Waals surface area contributed by atoms with Gasteiger partial charge in [-0.25, -0.2) is 4.57 Å². The van der Waals surface area contributed by atoms with Gasteiger partial charge in [-0.15, -0.1) is 0 Å². The topological polar surface area (TPSA) is 67.3 Å². The van der Waals surface area contributed by atoms with Gasteiger partial charge in [0, 0.05) is 46.3 Å². The van der Waals surface area contributed by atoms with Crippen molar-refractivity contribution in [1.82, 2.24) is 4.90 Å². The molecule has 0 saturated heterocycles. The maximum Gasteiger partial charge on any atom is 0.261 e. The number of rotatable bonds is 3. The summed E-state index contributed by atoms with van der Waals surface area (Å²) in [5.41, 5.74) is 8.75. The number of carbonyl (C=O) groups is 2. The minimum absolute atomic E-state index is 0. The van der Waals surface area contributed by atoms with Crippen LogP contribution in [0.4, 0.5) is 5.69 Å². The molecule has 0 unspecified atom stereocenters. The zero-order valence-electron chi connectivity index (χ0n) is 14.3. The SMILES string of the molecule is C[n+]1ccc(CCN2C(=O)c3cccc4c(N)ccc(c34)C2=O)cc1.[Cl-]. The van der Waals surface area contributed by atoms with Gasteiger partial charge < -0.3 is 18.1 Å². The first kappa shape index (κ1) is 17.9. The van der Waals surface area contributed by atoms with E-state index in [-0.39, 0.29) is 24.2 Å². The first-order valence-corrected chi connectivity index (χ1v) is 8.18. The molecule has 0 bridgehead atoms. The number of benzene rings is 2. The van der Waals surface area contributed by atoms with Gasteiger partial charge in [0.15, 0.2) is 12.4 Å². The van der Waals surface area contributed by atoms with Gasteiger partial charge >= 0.3 is 0 Å². The molecule has 2 aromatic carbocycles. The van der Waals surface area contributed by atoms with E-state index in [0.29, 0.717) is 35.2 Å². The van der Waals surface area contributed by atoms with Crippen molar-refractivity contribution in [2.24, 2.45) is 7.05 Å². The van der Waals surface area contributed by atoms with Crippen LogP contribution < -0.4 is 22.7 Å². The molecule has 5 nitrogen and oxygen atoms in total. The Hall–Kier alpha value is -2.92. The minimum Gasteiger partial charge on any atom is -1.00 e. The van der Waals surface area contributed by atoms with E-state index in [1.807, 2.05) is 42.2 Å². The van der Waals surface area contributed by atoms with Gasteiger partial charge in [0.1, 0.15) is 7.05 Å². The molecule has 4 rings (SSSR count). The molecule has 0 spiro atoms. The minimum atomic E-state index is -0.254. The molecule has 1 aliphatic heterocycles. The Morgan fingerprint density at radius 1 is 0.962 bits per heavy atom. The molecule has 0 radical (unpaired) electrons. The zero-order valence-corrected chi connectivity index (χ0v) is 15.0. The van der Waals surface area contributed by atoms with Gasteiger partial charge in [0.2, 0.25) is 0 Å². The van der Waals surface area contributed by atoms with E-state index in [1.54, 1.807) is 24.3 Å². The number of aromatic nitrogens is 1. The number of aryl methyl sites for hydroxylation is 1. The third kappa shape index (κ3) is 2.80. The number of amides is 2. The number of nitrogens with zero attached hydrogens (tertiary/aromatic N) is 2. The van der Waals surface area contributed by atoms with Crippen LogP contribution in [0.2, 0.25) is 0 Å². The second-order valence-electron chi connectivity index (χ2n) is 6.31. The largest absolute Gasteiger partial charge is 1.00 e. The maximum atomic E-state index is 12.9. The quantitative estimate of drug-likeness (QED) is 0.370. The molecule has 0 saturated carbocycles. The van der Waals surface area contributed by atoms with Crippen LogP contribution in [0.3, 0.4) is 0 Å².